The monoisotopic (exact) mass is 420 g/mol. The molecule has 1 aromatic carbocycles. The highest BCUT2D eigenvalue weighted by Crippen LogP contribution is 2.53. The molecule has 12 nitrogen and oxygen atoms in total. The zero-order valence-electron chi connectivity index (χ0n) is 16.7. The number of nitrogens with zero attached hydrogens (tertiary/aromatic N) is 2. The third-order valence-electron chi connectivity index (χ3n) is 5.19. The molecular weight excluding hydrogens is 400 g/mol. The number of ether oxygens (including phenoxy) is 4. The van der Waals surface area contributed by atoms with Gasteiger partial charge in [-0.05, 0) is 19.9 Å². The van der Waals surface area contributed by atoms with Crippen molar-refractivity contribution in [3.8, 4) is 23.0 Å². The highest BCUT2D eigenvalue weighted by atomic mass is 16.7. The topological polar surface area (TPSA) is 147 Å². The van der Waals surface area contributed by atoms with Crippen molar-refractivity contribution in [2.75, 3.05) is 26.3 Å². The maximum absolute atomic E-state index is 12.9. The number of H-pyrrole nitrogens is 1. The predicted molar refractivity (Wildman–Crippen MR) is 102 cm³/mol. The van der Waals surface area contributed by atoms with Crippen molar-refractivity contribution in [2.24, 2.45) is 0 Å². The zero-order chi connectivity index (χ0) is 21.7. The van der Waals surface area contributed by atoms with Crippen molar-refractivity contribution in [3.05, 3.63) is 37.7 Å². The molecule has 3 heterocycles. The number of benzene rings is 1. The van der Waals surface area contributed by atoms with E-state index in [4.69, 9.17) is 18.9 Å². The summed E-state index contributed by atoms with van der Waals surface area (Å²) >= 11 is 0. The lowest BCUT2D eigenvalue weighted by molar-refractivity contribution is -0.509. The number of amides is 1. The molecule has 1 amide bonds. The number of hydrogen-bond acceptors (Lipinski definition) is 8. The average Bonchev–Trinajstić information content (AvgIpc) is 3.29. The van der Waals surface area contributed by atoms with E-state index in [0.717, 1.165) is 0 Å². The SMILES string of the molecule is COc1c([C@H]2c3c(n(C(C)C)[nH]c3=O)NC(=O)[C@H]2[N+](=O)[O-])cc2c(c1OC)OCO2. The molecule has 0 saturated carbocycles. The Kier molecular flexibility index (Phi) is 4.56. The van der Waals surface area contributed by atoms with Crippen LogP contribution in [0.5, 0.6) is 23.0 Å². The van der Waals surface area contributed by atoms with Gasteiger partial charge < -0.3 is 24.3 Å². The second-order valence-corrected chi connectivity index (χ2v) is 7.13. The molecule has 0 radical (unpaired) electrons. The van der Waals surface area contributed by atoms with E-state index < -0.39 is 28.3 Å². The van der Waals surface area contributed by atoms with Crippen LogP contribution in [0.1, 0.15) is 36.9 Å². The molecule has 0 saturated heterocycles. The van der Waals surface area contributed by atoms with Gasteiger partial charge in [0, 0.05) is 16.5 Å². The Morgan fingerprint density at radius 2 is 1.93 bits per heavy atom. The fourth-order valence-electron chi connectivity index (χ4n) is 3.95. The summed E-state index contributed by atoms with van der Waals surface area (Å²) < 4.78 is 23.2. The van der Waals surface area contributed by atoms with Crippen LogP contribution in [0.2, 0.25) is 0 Å². The number of methoxy groups -OCH3 is 2. The van der Waals surface area contributed by atoms with Gasteiger partial charge in [-0.15, -0.1) is 0 Å². The molecule has 0 fully saturated rings. The third-order valence-corrected chi connectivity index (χ3v) is 5.19. The summed E-state index contributed by atoms with van der Waals surface area (Å²) in [6.07, 6.45) is 0. The molecule has 2 atom stereocenters. The first kappa shape index (κ1) is 19.6. The fourth-order valence-corrected chi connectivity index (χ4v) is 3.95. The molecule has 30 heavy (non-hydrogen) atoms. The first-order valence-corrected chi connectivity index (χ1v) is 9.13. The van der Waals surface area contributed by atoms with Gasteiger partial charge in [-0.3, -0.25) is 29.5 Å². The Labute approximate surface area is 169 Å². The summed E-state index contributed by atoms with van der Waals surface area (Å²) in [5.74, 6) is -1.06. The number of carbonyl (C=O) groups is 1. The molecule has 2 aliphatic rings. The van der Waals surface area contributed by atoms with E-state index >= 15 is 0 Å². The minimum atomic E-state index is -1.76. The molecule has 4 rings (SSSR count). The molecule has 160 valence electrons. The van der Waals surface area contributed by atoms with E-state index in [2.05, 4.69) is 10.4 Å². The largest absolute Gasteiger partial charge is 0.492 e. The number of nitro groups is 1. The van der Waals surface area contributed by atoms with Crippen LogP contribution in [0.25, 0.3) is 0 Å². The minimum absolute atomic E-state index is 0.0595. The third kappa shape index (κ3) is 2.67. The molecule has 2 N–H and O–H groups in total. The highest BCUT2D eigenvalue weighted by molar-refractivity contribution is 5.98. The van der Waals surface area contributed by atoms with Crippen LogP contribution in [0, 0.1) is 10.1 Å². The molecular formula is C18H20N4O8. The number of hydrogen-bond donors (Lipinski definition) is 2. The first-order valence-electron chi connectivity index (χ1n) is 9.13. The van der Waals surface area contributed by atoms with Gasteiger partial charge in [-0.2, -0.15) is 0 Å². The first-order chi connectivity index (χ1) is 14.3. The van der Waals surface area contributed by atoms with Crippen molar-refractivity contribution < 1.29 is 28.7 Å². The van der Waals surface area contributed by atoms with Gasteiger partial charge in [0.2, 0.25) is 18.3 Å². The van der Waals surface area contributed by atoms with E-state index in [0.29, 0.717) is 0 Å². The Morgan fingerprint density at radius 3 is 2.53 bits per heavy atom. The van der Waals surface area contributed by atoms with Gasteiger partial charge in [-0.25, -0.2) is 0 Å². The normalized spacial score (nSPS) is 19.4. The quantitative estimate of drug-likeness (QED) is 0.542. The van der Waals surface area contributed by atoms with Crippen LogP contribution in [0.15, 0.2) is 10.9 Å². The van der Waals surface area contributed by atoms with E-state index in [-0.39, 0.29) is 52.8 Å². The summed E-state index contributed by atoms with van der Waals surface area (Å²) in [5.41, 5.74) is -0.276. The van der Waals surface area contributed by atoms with Crippen molar-refractivity contribution >= 4 is 11.7 Å². The summed E-state index contributed by atoms with van der Waals surface area (Å²) in [6, 6.07) is -0.484. The van der Waals surface area contributed by atoms with Crippen LogP contribution in [0.4, 0.5) is 5.82 Å². The number of rotatable bonds is 5. The lowest BCUT2D eigenvalue weighted by Crippen LogP contribution is -2.45. The molecule has 2 aliphatic heterocycles. The molecule has 1 aromatic heterocycles. The van der Waals surface area contributed by atoms with E-state index in [9.17, 15) is 19.7 Å². The van der Waals surface area contributed by atoms with Crippen molar-refractivity contribution in [1.82, 2.24) is 9.78 Å². The molecule has 12 heteroatoms. The van der Waals surface area contributed by atoms with Gasteiger partial charge in [0.15, 0.2) is 11.5 Å². The Morgan fingerprint density at radius 1 is 1.23 bits per heavy atom. The second kappa shape index (κ2) is 6.97. The van der Waals surface area contributed by atoms with Crippen LogP contribution >= 0.6 is 0 Å². The molecule has 2 aromatic rings. The highest BCUT2D eigenvalue weighted by Gasteiger charge is 2.50. The number of aromatic amines is 1. The standard InChI is InChI=1S/C18H20N4O8/c1-7(2)21-16-11(17(23)20-21)10(12(22(25)26)18(24)19-16)8-5-9-14(30-6-29-9)15(28-4)13(8)27-3/h5,7,10,12H,6H2,1-4H3,(H,19,24)(H,20,23)/t10-,12-/m0/s1. The van der Waals surface area contributed by atoms with E-state index in [1.165, 1.54) is 25.0 Å². The van der Waals surface area contributed by atoms with Crippen LogP contribution in [-0.4, -0.2) is 47.7 Å². The molecule has 0 bridgehead atoms. The Bertz CT molecular complexity index is 1100. The van der Waals surface area contributed by atoms with Crippen LogP contribution < -0.4 is 29.8 Å². The number of aromatic nitrogens is 2. The maximum atomic E-state index is 12.9. The molecule has 0 unspecified atom stereocenters. The van der Waals surface area contributed by atoms with Gasteiger partial charge in [-0.1, -0.05) is 0 Å². The Balaban J connectivity index is 2.05. The average molecular weight is 420 g/mol. The number of anilines is 1. The lowest BCUT2D eigenvalue weighted by Gasteiger charge is -2.28. The van der Waals surface area contributed by atoms with Gasteiger partial charge in [0.05, 0.1) is 25.7 Å². The summed E-state index contributed by atoms with van der Waals surface area (Å²) in [7, 11) is 2.74. The van der Waals surface area contributed by atoms with E-state index in [1.54, 1.807) is 13.8 Å². The second-order valence-electron chi connectivity index (χ2n) is 7.13. The summed E-state index contributed by atoms with van der Waals surface area (Å²) in [5, 5.41) is 17.0. The van der Waals surface area contributed by atoms with Gasteiger partial charge in [0.1, 0.15) is 5.82 Å². The molecule has 0 spiro atoms. The number of nitrogens with one attached hydrogen (secondary N) is 2. The fraction of sp³-hybridized carbons (Fsp3) is 0.444. The lowest BCUT2D eigenvalue weighted by atomic mass is 9.82. The zero-order valence-corrected chi connectivity index (χ0v) is 16.7. The molecule has 0 aliphatic carbocycles. The van der Waals surface area contributed by atoms with E-state index in [1.807, 2.05) is 0 Å². The van der Waals surface area contributed by atoms with Crippen molar-refractivity contribution in [3.63, 3.8) is 0 Å². The smallest absolute Gasteiger partial charge is 0.301 e. The van der Waals surface area contributed by atoms with Crippen molar-refractivity contribution in [2.45, 2.75) is 31.8 Å². The van der Waals surface area contributed by atoms with Crippen LogP contribution in [0.3, 0.4) is 0 Å². The summed E-state index contributed by atoms with van der Waals surface area (Å²) in [6.45, 7) is 3.54. The van der Waals surface area contributed by atoms with Crippen LogP contribution in [-0.2, 0) is 4.79 Å². The predicted octanol–water partition coefficient (Wildman–Crippen LogP) is 1.23. The van der Waals surface area contributed by atoms with Gasteiger partial charge in [0.25, 0.3) is 5.56 Å². The van der Waals surface area contributed by atoms with Gasteiger partial charge >= 0.3 is 11.9 Å². The summed E-state index contributed by atoms with van der Waals surface area (Å²) in [4.78, 5) is 36.8. The minimum Gasteiger partial charge on any atom is -0.492 e. The Hall–Kier alpha value is -3.70. The maximum Gasteiger partial charge on any atom is 0.301 e. The number of fused-ring (bicyclic) bond motifs is 2. The number of carbonyl (C=O) groups excluding carboxylic acids is 1. The van der Waals surface area contributed by atoms with Crippen molar-refractivity contribution in [1.29, 1.82) is 0 Å².